The number of nitrogens with zero attached hydrogens (tertiary/aromatic N) is 1. The number of Topliss-reactive ketones (excluding diaryl/α,β-unsaturated/α-hetero) is 1. The number of benzene rings is 2. The second-order valence-corrected chi connectivity index (χ2v) is 13.3. The normalized spacial score (nSPS) is 13.8. The summed E-state index contributed by atoms with van der Waals surface area (Å²) in [5, 5.41) is 1.33. The second kappa shape index (κ2) is 8.32. The maximum atomic E-state index is 13.0. The number of anilines is 1. The van der Waals surface area contributed by atoms with Gasteiger partial charge in [-0.05, 0) is 49.3 Å². The highest BCUT2D eigenvalue weighted by atomic mass is 28.4. The first-order chi connectivity index (χ1) is 13.2. The molecule has 3 nitrogen and oxygen atoms in total. The number of hydroxylamine groups is 1. The fourth-order valence-corrected chi connectivity index (χ4v) is 3.51. The van der Waals surface area contributed by atoms with E-state index in [1.807, 2.05) is 19.2 Å². The Morgan fingerprint density at radius 3 is 1.93 bits per heavy atom. The van der Waals surface area contributed by atoms with Gasteiger partial charge in [-0.1, -0.05) is 51.1 Å². The standard InChI is InChI=1S/C22H28F3NO2Si/c1-16(20(27)17-10-8-7-9-11-17)26(28-29(5,6)21(2,3)4)19-14-12-18(13-15-19)22(23,24)25/h7-16H,1-6H3. The largest absolute Gasteiger partial charge is 0.416 e. The Bertz CT molecular complexity index is 828. The van der Waals surface area contributed by atoms with Crippen LogP contribution in [0.15, 0.2) is 54.6 Å². The van der Waals surface area contributed by atoms with Crippen LogP contribution in [-0.2, 0) is 10.7 Å². The first-order valence-corrected chi connectivity index (χ1v) is 12.4. The van der Waals surface area contributed by atoms with Crippen molar-refractivity contribution in [2.75, 3.05) is 5.06 Å². The van der Waals surface area contributed by atoms with E-state index in [0.717, 1.165) is 12.1 Å². The van der Waals surface area contributed by atoms with Gasteiger partial charge in [0.25, 0.3) is 0 Å². The van der Waals surface area contributed by atoms with Crippen LogP contribution in [0.25, 0.3) is 0 Å². The highest BCUT2D eigenvalue weighted by molar-refractivity contribution is 6.74. The molecule has 0 radical (unpaired) electrons. The summed E-state index contributed by atoms with van der Waals surface area (Å²) >= 11 is 0. The number of ketones is 1. The third-order valence-corrected chi connectivity index (χ3v) is 9.64. The number of halogens is 3. The van der Waals surface area contributed by atoms with E-state index < -0.39 is 26.1 Å². The lowest BCUT2D eigenvalue weighted by molar-refractivity contribution is -0.137. The van der Waals surface area contributed by atoms with Gasteiger partial charge in [0.15, 0.2) is 5.78 Å². The average Bonchev–Trinajstić information content (AvgIpc) is 2.64. The first kappa shape index (κ1) is 23.2. The maximum absolute atomic E-state index is 13.0. The Balaban J connectivity index is 2.44. The van der Waals surface area contributed by atoms with Crippen molar-refractivity contribution in [3.63, 3.8) is 0 Å². The lowest BCUT2D eigenvalue weighted by Crippen LogP contribution is -2.51. The van der Waals surface area contributed by atoms with E-state index in [-0.39, 0.29) is 10.8 Å². The average molecular weight is 424 g/mol. The third kappa shape index (κ3) is 5.48. The summed E-state index contributed by atoms with van der Waals surface area (Å²) in [6.07, 6.45) is -4.42. The van der Waals surface area contributed by atoms with Crippen LogP contribution in [0, 0.1) is 0 Å². The maximum Gasteiger partial charge on any atom is 0.416 e. The lowest BCUT2D eigenvalue weighted by Gasteiger charge is -2.42. The van der Waals surface area contributed by atoms with Crippen molar-refractivity contribution >= 4 is 19.8 Å². The van der Waals surface area contributed by atoms with Gasteiger partial charge in [0, 0.05) is 5.56 Å². The Morgan fingerprint density at radius 1 is 0.966 bits per heavy atom. The van der Waals surface area contributed by atoms with Crippen molar-refractivity contribution in [3.8, 4) is 0 Å². The van der Waals surface area contributed by atoms with Gasteiger partial charge in [-0.25, -0.2) is 0 Å². The van der Waals surface area contributed by atoms with Gasteiger partial charge in [0.2, 0.25) is 8.32 Å². The van der Waals surface area contributed by atoms with E-state index in [1.54, 1.807) is 31.2 Å². The van der Waals surface area contributed by atoms with E-state index in [4.69, 9.17) is 4.53 Å². The van der Waals surface area contributed by atoms with Crippen LogP contribution in [0.5, 0.6) is 0 Å². The first-order valence-electron chi connectivity index (χ1n) is 9.49. The molecule has 0 N–H and O–H groups in total. The molecule has 29 heavy (non-hydrogen) atoms. The van der Waals surface area contributed by atoms with E-state index in [9.17, 15) is 18.0 Å². The molecule has 0 aromatic heterocycles. The molecule has 0 aliphatic carbocycles. The summed E-state index contributed by atoms with van der Waals surface area (Å²) in [5.74, 6) is -0.163. The quantitative estimate of drug-likeness (QED) is 0.293. The van der Waals surface area contributed by atoms with Crippen LogP contribution in [0.4, 0.5) is 18.9 Å². The topological polar surface area (TPSA) is 29.5 Å². The summed E-state index contributed by atoms with van der Waals surface area (Å²) < 4.78 is 45.3. The zero-order valence-electron chi connectivity index (χ0n) is 17.7. The predicted molar refractivity (Wildman–Crippen MR) is 112 cm³/mol. The molecule has 0 aliphatic heterocycles. The van der Waals surface area contributed by atoms with Crippen LogP contribution in [0.3, 0.4) is 0 Å². The van der Waals surface area contributed by atoms with Crippen molar-refractivity contribution in [2.45, 2.75) is 58.0 Å². The lowest BCUT2D eigenvalue weighted by atomic mass is 10.0. The molecule has 0 saturated heterocycles. The zero-order chi connectivity index (χ0) is 22.0. The van der Waals surface area contributed by atoms with E-state index in [2.05, 4.69) is 20.8 Å². The van der Waals surface area contributed by atoms with Gasteiger partial charge < -0.3 is 4.53 Å². The van der Waals surface area contributed by atoms with Crippen molar-refractivity contribution in [3.05, 3.63) is 65.7 Å². The molecular weight excluding hydrogens is 395 g/mol. The molecule has 0 heterocycles. The van der Waals surface area contributed by atoms with Gasteiger partial charge in [0.1, 0.15) is 6.04 Å². The zero-order valence-corrected chi connectivity index (χ0v) is 18.7. The van der Waals surface area contributed by atoms with Crippen LogP contribution in [0.2, 0.25) is 18.1 Å². The number of hydrogen-bond donors (Lipinski definition) is 0. The fraction of sp³-hybridized carbons (Fsp3) is 0.409. The van der Waals surface area contributed by atoms with Crippen LogP contribution in [-0.4, -0.2) is 20.1 Å². The number of rotatable bonds is 6. The smallest absolute Gasteiger partial charge is 0.319 e. The monoisotopic (exact) mass is 423 g/mol. The van der Waals surface area contributed by atoms with Gasteiger partial charge in [-0.2, -0.15) is 13.2 Å². The SMILES string of the molecule is CC(C(=O)c1ccccc1)N(O[Si](C)(C)C(C)(C)C)c1ccc(C(F)(F)F)cc1. The summed E-state index contributed by atoms with van der Waals surface area (Å²) in [7, 11) is -2.36. The summed E-state index contributed by atoms with van der Waals surface area (Å²) in [6, 6.07) is 12.8. The molecule has 7 heteroatoms. The molecule has 158 valence electrons. The van der Waals surface area contributed by atoms with Crippen LogP contribution in [0.1, 0.15) is 43.6 Å². The molecule has 2 rings (SSSR count). The van der Waals surface area contributed by atoms with Gasteiger partial charge in [0.05, 0.1) is 11.3 Å². The molecular formula is C22H28F3NO2Si. The third-order valence-electron chi connectivity index (χ3n) is 5.37. The van der Waals surface area contributed by atoms with E-state index >= 15 is 0 Å². The van der Waals surface area contributed by atoms with Crippen molar-refractivity contribution < 1.29 is 22.5 Å². The van der Waals surface area contributed by atoms with Crippen molar-refractivity contribution in [1.29, 1.82) is 0 Å². The Hall–Kier alpha value is -2.12. The molecule has 1 unspecified atom stereocenters. The minimum absolute atomic E-state index is 0.146. The van der Waals surface area contributed by atoms with Crippen LogP contribution >= 0.6 is 0 Å². The summed E-state index contributed by atoms with van der Waals surface area (Å²) in [4.78, 5) is 13.0. The Morgan fingerprint density at radius 2 is 1.48 bits per heavy atom. The number of carbonyl (C=O) groups excluding carboxylic acids is 1. The predicted octanol–water partition coefficient (Wildman–Crippen LogP) is 6.72. The van der Waals surface area contributed by atoms with E-state index in [0.29, 0.717) is 11.3 Å². The molecule has 0 aliphatic rings. The second-order valence-electron chi connectivity index (χ2n) is 8.63. The molecule has 2 aromatic carbocycles. The molecule has 1 atom stereocenters. The minimum atomic E-state index is -4.42. The van der Waals surface area contributed by atoms with Crippen molar-refractivity contribution in [2.24, 2.45) is 0 Å². The van der Waals surface area contributed by atoms with Crippen LogP contribution < -0.4 is 5.06 Å². The fourth-order valence-electron chi connectivity index (χ4n) is 2.49. The highest BCUT2D eigenvalue weighted by Gasteiger charge is 2.42. The molecule has 0 bridgehead atoms. The number of carbonyl (C=O) groups is 1. The summed E-state index contributed by atoms with van der Waals surface area (Å²) in [5.41, 5.74) is 0.200. The van der Waals surface area contributed by atoms with Gasteiger partial charge >= 0.3 is 6.18 Å². The highest BCUT2D eigenvalue weighted by Crippen LogP contribution is 2.39. The molecule has 0 fully saturated rings. The summed E-state index contributed by atoms with van der Waals surface area (Å²) in [6.45, 7) is 12.0. The number of alkyl halides is 3. The molecule has 2 aromatic rings. The number of hydrogen-bond acceptors (Lipinski definition) is 3. The molecule has 0 amide bonds. The van der Waals surface area contributed by atoms with E-state index in [1.165, 1.54) is 17.2 Å². The Kier molecular flexibility index (Phi) is 6.64. The minimum Gasteiger partial charge on any atom is -0.319 e. The Labute approximate surface area is 171 Å². The molecule has 0 spiro atoms. The van der Waals surface area contributed by atoms with Crippen molar-refractivity contribution in [1.82, 2.24) is 0 Å². The van der Waals surface area contributed by atoms with Gasteiger partial charge in [-0.3, -0.25) is 9.86 Å². The van der Waals surface area contributed by atoms with Gasteiger partial charge in [-0.15, -0.1) is 0 Å². The molecule has 0 saturated carbocycles.